The number of carboxylic acid groups (broad SMARTS) is 1. The lowest BCUT2D eigenvalue weighted by atomic mass is 10.1. The van der Waals surface area contributed by atoms with Crippen LogP contribution in [0, 0.1) is 5.92 Å². The van der Waals surface area contributed by atoms with Gasteiger partial charge in [-0.2, -0.15) is 11.3 Å². The van der Waals surface area contributed by atoms with Crippen LogP contribution in [0.25, 0.3) is 0 Å². The Morgan fingerprint density at radius 3 is 2.72 bits per heavy atom. The second-order valence-corrected chi connectivity index (χ2v) is 4.86. The molecule has 6 heteroatoms. The summed E-state index contributed by atoms with van der Waals surface area (Å²) in [6, 6.07) is 1.52. The molecule has 0 aliphatic heterocycles. The molecule has 0 saturated carbocycles. The predicted octanol–water partition coefficient (Wildman–Crippen LogP) is 2.22. The molecule has 0 aliphatic rings. The summed E-state index contributed by atoms with van der Waals surface area (Å²) in [6.45, 7) is 3.82. The van der Waals surface area contributed by atoms with Crippen molar-refractivity contribution in [2.24, 2.45) is 5.92 Å². The second-order valence-electron chi connectivity index (χ2n) is 4.08. The molecule has 18 heavy (non-hydrogen) atoms. The van der Waals surface area contributed by atoms with Gasteiger partial charge in [-0.3, -0.25) is 4.79 Å². The minimum Gasteiger partial charge on any atom is -0.481 e. The van der Waals surface area contributed by atoms with Crippen LogP contribution in [0.15, 0.2) is 16.8 Å². The summed E-state index contributed by atoms with van der Waals surface area (Å²) in [5, 5.41) is 18.1. The topological polar surface area (TPSA) is 78.4 Å². The molecule has 3 N–H and O–H groups in total. The lowest BCUT2D eigenvalue weighted by Crippen LogP contribution is -2.40. The van der Waals surface area contributed by atoms with Crippen molar-refractivity contribution in [1.29, 1.82) is 0 Å². The standard InChI is InChI=1S/C12H18N2O3S/c1-3-9(11(15)16)6-13-12(17)14-8(2)10-4-5-18-7-10/h4-5,7-9H,3,6H2,1-2H3,(H,15,16)(H2,13,14,17). The van der Waals surface area contributed by atoms with Gasteiger partial charge in [0.2, 0.25) is 0 Å². The highest BCUT2D eigenvalue weighted by atomic mass is 32.1. The summed E-state index contributed by atoms with van der Waals surface area (Å²) in [5.41, 5.74) is 1.04. The van der Waals surface area contributed by atoms with Gasteiger partial charge < -0.3 is 15.7 Å². The van der Waals surface area contributed by atoms with E-state index in [4.69, 9.17) is 5.11 Å². The SMILES string of the molecule is CCC(CNC(=O)NC(C)c1ccsc1)C(=O)O. The highest BCUT2D eigenvalue weighted by Gasteiger charge is 2.16. The van der Waals surface area contributed by atoms with E-state index in [1.54, 1.807) is 18.3 Å². The second kappa shape index (κ2) is 7.00. The molecule has 0 saturated heterocycles. The molecule has 2 amide bonds. The van der Waals surface area contributed by atoms with Crippen LogP contribution in [0.2, 0.25) is 0 Å². The zero-order chi connectivity index (χ0) is 13.5. The first kappa shape index (κ1) is 14.5. The molecule has 0 bridgehead atoms. The minimum atomic E-state index is -0.885. The molecule has 1 rings (SSSR count). The van der Waals surface area contributed by atoms with Crippen molar-refractivity contribution in [3.63, 3.8) is 0 Å². The molecule has 1 aromatic heterocycles. The van der Waals surface area contributed by atoms with Crippen LogP contribution in [0.5, 0.6) is 0 Å². The van der Waals surface area contributed by atoms with E-state index >= 15 is 0 Å². The van der Waals surface area contributed by atoms with Gasteiger partial charge in [0.1, 0.15) is 0 Å². The molecule has 1 aromatic rings. The number of hydrogen-bond donors (Lipinski definition) is 3. The van der Waals surface area contributed by atoms with E-state index in [-0.39, 0.29) is 18.6 Å². The summed E-state index contributed by atoms with van der Waals surface area (Å²) in [5.74, 6) is -1.42. The number of carbonyl (C=O) groups excluding carboxylic acids is 1. The maximum absolute atomic E-state index is 11.6. The summed E-state index contributed by atoms with van der Waals surface area (Å²) >= 11 is 1.57. The Labute approximate surface area is 110 Å². The minimum absolute atomic E-state index is 0.0823. The Morgan fingerprint density at radius 1 is 1.50 bits per heavy atom. The van der Waals surface area contributed by atoms with Crippen LogP contribution in [0.1, 0.15) is 31.9 Å². The predicted molar refractivity (Wildman–Crippen MR) is 70.7 cm³/mol. The van der Waals surface area contributed by atoms with Crippen LogP contribution >= 0.6 is 11.3 Å². The molecular weight excluding hydrogens is 252 g/mol. The van der Waals surface area contributed by atoms with Crippen molar-refractivity contribution in [3.05, 3.63) is 22.4 Å². The maximum Gasteiger partial charge on any atom is 0.315 e. The molecule has 0 radical (unpaired) electrons. The number of urea groups is 1. The quantitative estimate of drug-likeness (QED) is 0.741. The Bertz CT molecular complexity index is 392. The monoisotopic (exact) mass is 270 g/mol. The zero-order valence-corrected chi connectivity index (χ0v) is 11.3. The van der Waals surface area contributed by atoms with Gasteiger partial charge in [0, 0.05) is 6.54 Å². The number of thiophene rings is 1. The first-order valence-electron chi connectivity index (χ1n) is 5.83. The van der Waals surface area contributed by atoms with Crippen LogP contribution < -0.4 is 10.6 Å². The number of hydrogen-bond acceptors (Lipinski definition) is 3. The van der Waals surface area contributed by atoms with E-state index in [1.807, 2.05) is 23.8 Å². The molecule has 2 atom stereocenters. The number of carboxylic acids is 1. The molecule has 100 valence electrons. The van der Waals surface area contributed by atoms with Gasteiger partial charge in [-0.15, -0.1) is 0 Å². The third kappa shape index (κ3) is 4.37. The van der Waals surface area contributed by atoms with E-state index < -0.39 is 11.9 Å². The molecule has 0 aliphatic carbocycles. The molecule has 0 fully saturated rings. The fourth-order valence-electron chi connectivity index (χ4n) is 1.47. The van der Waals surface area contributed by atoms with Crippen LogP contribution in [0.3, 0.4) is 0 Å². The molecule has 0 spiro atoms. The Kier molecular flexibility index (Phi) is 5.64. The lowest BCUT2D eigenvalue weighted by molar-refractivity contribution is -0.141. The molecular formula is C12H18N2O3S. The van der Waals surface area contributed by atoms with Crippen molar-refractivity contribution < 1.29 is 14.7 Å². The summed E-state index contributed by atoms with van der Waals surface area (Å²) in [4.78, 5) is 22.4. The van der Waals surface area contributed by atoms with E-state index in [2.05, 4.69) is 10.6 Å². The Morgan fingerprint density at radius 2 is 2.22 bits per heavy atom. The Balaban J connectivity index is 2.35. The molecule has 0 aromatic carbocycles. The lowest BCUT2D eigenvalue weighted by Gasteiger charge is -2.15. The maximum atomic E-state index is 11.6. The van der Waals surface area contributed by atoms with Crippen molar-refractivity contribution in [1.82, 2.24) is 10.6 Å². The number of nitrogens with one attached hydrogen (secondary N) is 2. The van der Waals surface area contributed by atoms with Gasteiger partial charge in [-0.25, -0.2) is 4.79 Å². The smallest absolute Gasteiger partial charge is 0.315 e. The van der Waals surface area contributed by atoms with Gasteiger partial charge in [0.25, 0.3) is 0 Å². The highest BCUT2D eigenvalue weighted by Crippen LogP contribution is 2.15. The van der Waals surface area contributed by atoms with E-state index in [9.17, 15) is 9.59 Å². The van der Waals surface area contributed by atoms with E-state index in [0.29, 0.717) is 6.42 Å². The summed E-state index contributed by atoms with van der Waals surface area (Å²) in [7, 11) is 0. The summed E-state index contributed by atoms with van der Waals surface area (Å²) < 4.78 is 0. The van der Waals surface area contributed by atoms with Crippen LogP contribution in [-0.4, -0.2) is 23.7 Å². The Hall–Kier alpha value is -1.56. The van der Waals surface area contributed by atoms with Gasteiger partial charge in [-0.1, -0.05) is 6.92 Å². The van der Waals surface area contributed by atoms with Gasteiger partial charge in [0.05, 0.1) is 12.0 Å². The average molecular weight is 270 g/mol. The average Bonchev–Trinajstić information content (AvgIpc) is 2.82. The van der Waals surface area contributed by atoms with E-state index in [0.717, 1.165) is 5.56 Å². The fourth-order valence-corrected chi connectivity index (χ4v) is 2.23. The van der Waals surface area contributed by atoms with Crippen molar-refractivity contribution in [2.75, 3.05) is 6.54 Å². The summed E-state index contributed by atoms with van der Waals surface area (Å²) in [6.07, 6.45) is 0.496. The zero-order valence-electron chi connectivity index (χ0n) is 10.5. The van der Waals surface area contributed by atoms with Gasteiger partial charge in [0.15, 0.2) is 0 Å². The van der Waals surface area contributed by atoms with Crippen molar-refractivity contribution in [3.8, 4) is 0 Å². The van der Waals surface area contributed by atoms with Gasteiger partial charge in [-0.05, 0) is 35.7 Å². The van der Waals surface area contributed by atoms with Crippen LogP contribution in [-0.2, 0) is 4.79 Å². The van der Waals surface area contributed by atoms with Gasteiger partial charge >= 0.3 is 12.0 Å². The van der Waals surface area contributed by atoms with E-state index in [1.165, 1.54) is 0 Å². The molecule has 2 unspecified atom stereocenters. The van der Waals surface area contributed by atoms with Crippen LogP contribution in [0.4, 0.5) is 4.79 Å². The first-order valence-corrected chi connectivity index (χ1v) is 6.78. The first-order chi connectivity index (χ1) is 8.54. The molecule has 1 heterocycles. The van der Waals surface area contributed by atoms with Crippen molar-refractivity contribution in [2.45, 2.75) is 26.3 Å². The number of carbonyl (C=O) groups is 2. The third-order valence-corrected chi connectivity index (χ3v) is 3.44. The fraction of sp³-hybridized carbons (Fsp3) is 0.500. The third-order valence-electron chi connectivity index (χ3n) is 2.74. The van der Waals surface area contributed by atoms with Crippen molar-refractivity contribution >= 4 is 23.3 Å². The molecule has 5 nitrogen and oxygen atoms in total. The number of rotatable bonds is 6. The largest absolute Gasteiger partial charge is 0.481 e. The highest BCUT2D eigenvalue weighted by molar-refractivity contribution is 7.07. The number of aliphatic carboxylic acids is 1. The normalized spacial score (nSPS) is 13.7. The number of amides is 2.